The van der Waals surface area contributed by atoms with Crippen molar-refractivity contribution in [1.29, 1.82) is 0 Å². The number of aromatic nitrogens is 2. The quantitative estimate of drug-likeness (QED) is 0.811. The Bertz CT molecular complexity index is 340. The molecule has 1 aromatic rings. The lowest BCUT2D eigenvalue weighted by Crippen LogP contribution is -2.35. The highest BCUT2D eigenvalue weighted by Gasteiger charge is 2.21. The Kier molecular flexibility index (Phi) is 3.96. The van der Waals surface area contributed by atoms with Gasteiger partial charge in [0.15, 0.2) is 5.82 Å². The molecule has 0 N–H and O–H groups in total. The van der Waals surface area contributed by atoms with Gasteiger partial charge >= 0.3 is 0 Å². The first-order valence-electron chi connectivity index (χ1n) is 5.50. The monoisotopic (exact) mass is 241 g/mol. The van der Waals surface area contributed by atoms with E-state index in [-0.39, 0.29) is 0 Å². The number of ether oxygens (including phenoxy) is 1. The van der Waals surface area contributed by atoms with Crippen LogP contribution in [-0.2, 0) is 4.74 Å². The minimum Gasteiger partial charge on any atom is -0.384 e. The van der Waals surface area contributed by atoms with Gasteiger partial charge in [0.05, 0.1) is 6.20 Å². The molecule has 0 amide bonds. The number of hydrogen-bond donors (Lipinski definition) is 0. The molecule has 1 aromatic heterocycles. The van der Waals surface area contributed by atoms with Crippen molar-refractivity contribution < 1.29 is 4.74 Å². The largest absolute Gasteiger partial charge is 0.384 e. The Morgan fingerprint density at radius 1 is 1.50 bits per heavy atom. The fraction of sp³-hybridized carbons (Fsp3) is 0.636. The molecule has 0 aliphatic carbocycles. The second kappa shape index (κ2) is 5.46. The van der Waals surface area contributed by atoms with E-state index in [0.29, 0.717) is 10.9 Å². The molecule has 1 aliphatic rings. The van der Waals surface area contributed by atoms with E-state index < -0.39 is 0 Å². The summed E-state index contributed by atoms with van der Waals surface area (Å²) in [6.45, 7) is 2.83. The molecule has 1 fully saturated rings. The molecule has 0 spiro atoms. The number of nitrogens with zero attached hydrogens (tertiary/aromatic N) is 3. The summed E-state index contributed by atoms with van der Waals surface area (Å²) in [5, 5.41) is 0.632. The molecule has 0 radical (unpaired) electrons. The zero-order valence-corrected chi connectivity index (χ0v) is 10.2. The topological polar surface area (TPSA) is 38.2 Å². The van der Waals surface area contributed by atoms with Crippen LogP contribution in [0.3, 0.4) is 0 Å². The average molecular weight is 242 g/mol. The number of piperidine rings is 1. The normalized spacial score (nSPS) is 17.8. The third kappa shape index (κ3) is 2.62. The van der Waals surface area contributed by atoms with Crippen LogP contribution in [-0.4, -0.2) is 36.8 Å². The predicted molar refractivity (Wildman–Crippen MR) is 63.9 cm³/mol. The first-order valence-corrected chi connectivity index (χ1v) is 5.88. The van der Waals surface area contributed by atoms with Crippen LogP contribution in [0, 0.1) is 5.92 Å². The van der Waals surface area contributed by atoms with Gasteiger partial charge in [-0.05, 0) is 18.8 Å². The van der Waals surface area contributed by atoms with Crippen molar-refractivity contribution in [2.24, 2.45) is 5.92 Å². The van der Waals surface area contributed by atoms with E-state index in [1.165, 1.54) is 0 Å². The van der Waals surface area contributed by atoms with Crippen molar-refractivity contribution in [2.75, 3.05) is 31.7 Å². The number of methoxy groups -OCH3 is 1. The summed E-state index contributed by atoms with van der Waals surface area (Å²) in [5.74, 6) is 1.52. The number of anilines is 1. The molecule has 0 saturated carbocycles. The molecule has 0 unspecified atom stereocenters. The van der Waals surface area contributed by atoms with Crippen LogP contribution in [0.1, 0.15) is 12.8 Å². The number of hydrogen-bond acceptors (Lipinski definition) is 4. The summed E-state index contributed by atoms with van der Waals surface area (Å²) >= 11 is 6.06. The molecule has 4 nitrogen and oxygen atoms in total. The Morgan fingerprint density at radius 2 is 2.25 bits per heavy atom. The van der Waals surface area contributed by atoms with Crippen molar-refractivity contribution in [3.8, 4) is 0 Å². The van der Waals surface area contributed by atoms with Crippen LogP contribution in [0.25, 0.3) is 0 Å². The van der Waals surface area contributed by atoms with Gasteiger partial charge in [-0.1, -0.05) is 11.6 Å². The van der Waals surface area contributed by atoms with Crippen LogP contribution in [0.5, 0.6) is 0 Å². The second-order valence-electron chi connectivity index (χ2n) is 4.08. The average Bonchev–Trinajstić information content (AvgIpc) is 2.31. The lowest BCUT2D eigenvalue weighted by Gasteiger charge is -2.32. The van der Waals surface area contributed by atoms with Crippen LogP contribution in [0.15, 0.2) is 12.5 Å². The standard InChI is InChI=1S/C11H16ClN3O/c1-16-7-9-2-4-15(5-3-9)11-10(12)6-13-8-14-11/h6,8-9H,2-5,7H2,1H3. The van der Waals surface area contributed by atoms with Crippen LogP contribution >= 0.6 is 11.6 Å². The van der Waals surface area contributed by atoms with Crippen LogP contribution in [0.4, 0.5) is 5.82 Å². The fourth-order valence-electron chi connectivity index (χ4n) is 2.09. The van der Waals surface area contributed by atoms with E-state index in [1.807, 2.05) is 0 Å². The summed E-state index contributed by atoms with van der Waals surface area (Å²) in [4.78, 5) is 10.3. The van der Waals surface area contributed by atoms with Gasteiger partial charge in [0.1, 0.15) is 11.3 Å². The van der Waals surface area contributed by atoms with Crippen LogP contribution < -0.4 is 4.90 Å². The molecular weight excluding hydrogens is 226 g/mol. The summed E-state index contributed by atoms with van der Waals surface area (Å²) < 4.78 is 5.18. The van der Waals surface area contributed by atoms with Gasteiger partial charge in [-0.3, -0.25) is 0 Å². The maximum Gasteiger partial charge on any atom is 0.150 e. The van der Waals surface area contributed by atoms with Gasteiger partial charge < -0.3 is 9.64 Å². The molecule has 2 rings (SSSR count). The van der Waals surface area contributed by atoms with Crippen molar-refractivity contribution in [1.82, 2.24) is 9.97 Å². The second-order valence-corrected chi connectivity index (χ2v) is 4.49. The Balaban J connectivity index is 1.96. The molecule has 2 heterocycles. The minimum absolute atomic E-state index is 0.632. The number of halogens is 1. The molecule has 88 valence electrons. The van der Waals surface area contributed by atoms with Gasteiger partial charge in [0, 0.05) is 26.8 Å². The minimum atomic E-state index is 0.632. The molecule has 1 aliphatic heterocycles. The Morgan fingerprint density at radius 3 is 2.88 bits per heavy atom. The highest BCUT2D eigenvalue weighted by molar-refractivity contribution is 6.32. The van der Waals surface area contributed by atoms with Gasteiger partial charge in [0.2, 0.25) is 0 Å². The first kappa shape index (κ1) is 11.6. The van der Waals surface area contributed by atoms with Gasteiger partial charge in [-0.2, -0.15) is 0 Å². The van der Waals surface area contributed by atoms with Crippen LogP contribution in [0.2, 0.25) is 5.02 Å². The Labute approximate surface area is 101 Å². The Hall–Kier alpha value is -0.870. The lowest BCUT2D eigenvalue weighted by molar-refractivity contribution is 0.139. The van der Waals surface area contributed by atoms with Crippen molar-refractivity contribution in [3.05, 3.63) is 17.5 Å². The van der Waals surface area contributed by atoms with Gasteiger partial charge in [-0.15, -0.1) is 0 Å². The molecular formula is C11H16ClN3O. The van der Waals surface area contributed by atoms with E-state index >= 15 is 0 Å². The van der Waals surface area contributed by atoms with Crippen molar-refractivity contribution >= 4 is 17.4 Å². The summed E-state index contributed by atoms with van der Waals surface area (Å²) in [6, 6.07) is 0. The predicted octanol–water partition coefficient (Wildman–Crippen LogP) is 1.99. The van der Waals surface area contributed by atoms with E-state index in [0.717, 1.165) is 38.4 Å². The van der Waals surface area contributed by atoms with Gasteiger partial charge in [0.25, 0.3) is 0 Å². The zero-order valence-electron chi connectivity index (χ0n) is 9.40. The third-order valence-corrected chi connectivity index (χ3v) is 3.23. The van der Waals surface area contributed by atoms with Crippen molar-refractivity contribution in [2.45, 2.75) is 12.8 Å². The van der Waals surface area contributed by atoms with E-state index in [4.69, 9.17) is 16.3 Å². The van der Waals surface area contributed by atoms with Gasteiger partial charge in [-0.25, -0.2) is 9.97 Å². The third-order valence-electron chi connectivity index (χ3n) is 2.96. The maximum atomic E-state index is 6.06. The highest BCUT2D eigenvalue weighted by Crippen LogP contribution is 2.26. The molecule has 5 heteroatoms. The molecule has 1 saturated heterocycles. The zero-order chi connectivity index (χ0) is 11.4. The molecule has 0 aromatic carbocycles. The number of rotatable bonds is 3. The fourth-order valence-corrected chi connectivity index (χ4v) is 2.31. The SMILES string of the molecule is COCC1CCN(c2ncncc2Cl)CC1. The smallest absolute Gasteiger partial charge is 0.150 e. The first-order chi connectivity index (χ1) is 7.81. The molecule has 0 bridgehead atoms. The summed E-state index contributed by atoms with van der Waals surface area (Å²) in [6.07, 6.45) is 5.45. The van der Waals surface area contributed by atoms with E-state index in [1.54, 1.807) is 19.6 Å². The van der Waals surface area contributed by atoms with E-state index in [9.17, 15) is 0 Å². The maximum absolute atomic E-state index is 6.06. The summed E-state index contributed by atoms with van der Waals surface area (Å²) in [5.41, 5.74) is 0. The van der Waals surface area contributed by atoms with Crippen molar-refractivity contribution in [3.63, 3.8) is 0 Å². The lowest BCUT2D eigenvalue weighted by atomic mass is 9.98. The summed E-state index contributed by atoms with van der Waals surface area (Å²) in [7, 11) is 1.76. The molecule has 16 heavy (non-hydrogen) atoms. The molecule has 0 atom stereocenters. The highest BCUT2D eigenvalue weighted by atomic mass is 35.5. The van der Waals surface area contributed by atoms with E-state index in [2.05, 4.69) is 14.9 Å².